The maximum Gasteiger partial charge on any atom is 0.335 e. The largest absolute Gasteiger partial charge is 0.478 e. The predicted octanol–water partition coefficient (Wildman–Crippen LogP) is 3.71. The Balaban J connectivity index is 2.16. The number of unbranched alkanes of at least 4 members (excludes halogenated alkanes) is 1. The normalized spacial score (nSPS) is 20.4. The SMILES string of the molecule is CCCCN1CCCCC1c1cccc(C(=O)O)c1. The lowest BCUT2D eigenvalue weighted by Crippen LogP contribution is -2.34. The Kier molecular flexibility index (Phi) is 4.97. The average Bonchev–Trinajstić information content (AvgIpc) is 2.45. The molecule has 1 N–H and O–H groups in total. The first-order valence-electron chi connectivity index (χ1n) is 7.29. The van der Waals surface area contributed by atoms with Crippen molar-refractivity contribution in [1.82, 2.24) is 4.90 Å². The van der Waals surface area contributed by atoms with E-state index in [1.54, 1.807) is 6.07 Å². The van der Waals surface area contributed by atoms with Gasteiger partial charge in [0.1, 0.15) is 0 Å². The first kappa shape index (κ1) is 14.1. The highest BCUT2D eigenvalue weighted by Crippen LogP contribution is 2.31. The highest BCUT2D eigenvalue weighted by Gasteiger charge is 2.23. The van der Waals surface area contributed by atoms with E-state index in [-0.39, 0.29) is 0 Å². The van der Waals surface area contributed by atoms with Crippen LogP contribution in [0.3, 0.4) is 0 Å². The van der Waals surface area contributed by atoms with Crippen LogP contribution in [0.4, 0.5) is 0 Å². The Morgan fingerprint density at radius 1 is 1.42 bits per heavy atom. The van der Waals surface area contributed by atoms with Crippen LogP contribution in [-0.4, -0.2) is 29.1 Å². The molecule has 1 aromatic rings. The number of nitrogens with zero attached hydrogens (tertiary/aromatic N) is 1. The van der Waals surface area contributed by atoms with Crippen LogP contribution in [0.15, 0.2) is 24.3 Å². The minimum Gasteiger partial charge on any atom is -0.478 e. The average molecular weight is 261 g/mol. The summed E-state index contributed by atoms with van der Waals surface area (Å²) in [6, 6.07) is 7.86. The summed E-state index contributed by atoms with van der Waals surface area (Å²) in [5.74, 6) is -0.835. The summed E-state index contributed by atoms with van der Waals surface area (Å²) in [6.07, 6.45) is 6.07. The van der Waals surface area contributed by atoms with Crippen molar-refractivity contribution >= 4 is 5.97 Å². The fourth-order valence-corrected chi connectivity index (χ4v) is 2.88. The minimum atomic E-state index is -0.835. The third-order valence-corrected chi connectivity index (χ3v) is 3.93. The molecule has 0 saturated carbocycles. The van der Waals surface area contributed by atoms with Gasteiger partial charge < -0.3 is 5.11 Å². The van der Waals surface area contributed by atoms with Crippen LogP contribution in [0, 0.1) is 0 Å². The Morgan fingerprint density at radius 3 is 3.00 bits per heavy atom. The summed E-state index contributed by atoms with van der Waals surface area (Å²) in [7, 11) is 0. The molecule has 0 aromatic heterocycles. The summed E-state index contributed by atoms with van der Waals surface area (Å²) >= 11 is 0. The van der Waals surface area contributed by atoms with Gasteiger partial charge in [0.2, 0.25) is 0 Å². The number of carbonyl (C=O) groups is 1. The lowest BCUT2D eigenvalue weighted by Gasteiger charge is -2.36. The van der Waals surface area contributed by atoms with E-state index in [1.807, 2.05) is 12.1 Å². The molecule has 3 heteroatoms. The van der Waals surface area contributed by atoms with Crippen LogP contribution >= 0.6 is 0 Å². The molecule has 1 fully saturated rings. The molecule has 1 aliphatic rings. The van der Waals surface area contributed by atoms with E-state index < -0.39 is 5.97 Å². The first-order chi connectivity index (χ1) is 9.22. The van der Waals surface area contributed by atoms with E-state index in [9.17, 15) is 4.79 Å². The highest BCUT2D eigenvalue weighted by molar-refractivity contribution is 5.87. The molecule has 0 bridgehead atoms. The number of rotatable bonds is 5. The molecule has 104 valence electrons. The standard InChI is InChI=1S/C16H23NO2/c1-2-3-10-17-11-5-4-9-15(17)13-7-6-8-14(12-13)16(18)19/h6-8,12,15H,2-5,9-11H2,1H3,(H,18,19). The van der Waals surface area contributed by atoms with Crippen LogP contribution < -0.4 is 0 Å². The summed E-state index contributed by atoms with van der Waals surface area (Å²) in [5.41, 5.74) is 1.56. The molecule has 1 heterocycles. The number of carboxylic acid groups (broad SMARTS) is 1. The molecule has 0 spiro atoms. The third-order valence-electron chi connectivity index (χ3n) is 3.93. The van der Waals surface area contributed by atoms with Crippen molar-refractivity contribution in [3.63, 3.8) is 0 Å². The second-order valence-corrected chi connectivity index (χ2v) is 5.33. The second kappa shape index (κ2) is 6.71. The molecule has 1 aromatic carbocycles. The van der Waals surface area contributed by atoms with Gasteiger partial charge >= 0.3 is 5.97 Å². The fourth-order valence-electron chi connectivity index (χ4n) is 2.88. The van der Waals surface area contributed by atoms with Gasteiger partial charge in [-0.1, -0.05) is 31.9 Å². The van der Waals surface area contributed by atoms with Crippen molar-refractivity contribution in [2.24, 2.45) is 0 Å². The molecular formula is C16H23NO2. The summed E-state index contributed by atoms with van der Waals surface area (Å²) in [6.45, 7) is 4.48. The van der Waals surface area contributed by atoms with Gasteiger partial charge in [0, 0.05) is 6.04 Å². The lowest BCUT2D eigenvalue weighted by atomic mass is 9.94. The van der Waals surface area contributed by atoms with E-state index in [2.05, 4.69) is 17.9 Å². The molecule has 0 amide bonds. The van der Waals surface area contributed by atoms with E-state index in [0.717, 1.165) is 25.1 Å². The third kappa shape index (κ3) is 3.57. The molecule has 1 saturated heterocycles. The molecule has 0 radical (unpaired) electrons. The van der Waals surface area contributed by atoms with Crippen molar-refractivity contribution in [3.05, 3.63) is 35.4 Å². The van der Waals surface area contributed by atoms with Gasteiger partial charge in [-0.05, 0) is 50.0 Å². The number of hydrogen-bond acceptors (Lipinski definition) is 2. The molecule has 0 aliphatic carbocycles. The van der Waals surface area contributed by atoms with Gasteiger partial charge in [-0.3, -0.25) is 4.90 Å². The maximum absolute atomic E-state index is 11.1. The molecular weight excluding hydrogens is 238 g/mol. The van der Waals surface area contributed by atoms with Crippen molar-refractivity contribution in [3.8, 4) is 0 Å². The lowest BCUT2D eigenvalue weighted by molar-refractivity contribution is 0.0696. The van der Waals surface area contributed by atoms with Gasteiger partial charge in [-0.2, -0.15) is 0 Å². The van der Waals surface area contributed by atoms with Gasteiger partial charge in [-0.15, -0.1) is 0 Å². The fraction of sp³-hybridized carbons (Fsp3) is 0.562. The minimum absolute atomic E-state index is 0.401. The van der Waals surface area contributed by atoms with Crippen molar-refractivity contribution in [1.29, 1.82) is 0 Å². The van der Waals surface area contributed by atoms with Crippen LogP contribution in [0.5, 0.6) is 0 Å². The molecule has 2 rings (SSSR count). The van der Waals surface area contributed by atoms with Gasteiger partial charge in [0.05, 0.1) is 5.56 Å². The number of carboxylic acids is 1. The summed E-state index contributed by atoms with van der Waals surface area (Å²) in [4.78, 5) is 13.6. The zero-order valence-corrected chi connectivity index (χ0v) is 11.6. The highest BCUT2D eigenvalue weighted by atomic mass is 16.4. The number of benzene rings is 1. The van der Waals surface area contributed by atoms with Gasteiger partial charge in [0.25, 0.3) is 0 Å². The molecule has 19 heavy (non-hydrogen) atoms. The molecule has 1 unspecified atom stereocenters. The number of aromatic carboxylic acids is 1. The Morgan fingerprint density at radius 2 is 2.26 bits per heavy atom. The number of hydrogen-bond donors (Lipinski definition) is 1. The van der Waals surface area contributed by atoms with Crippen molar-refractivity contribution in [2.45, 2.75) is 45.1 Å². The number of likely N-dealkylation sites (tertiary alicyclic amines) is 1. The molecule has 1 aliphatic heterocycles. The van der Waals surface area contributed by atoms with Gasteiger partial charge in [0.15, 0.2) is 0 Å². The number of piperidine rings is 1. The molecule has 1 atom stereocenters. The predicted molar refractivity (Wildman–Crippen MR) is 76.5 cm³/mol. The summed E-state index contributed by atoms with van der Waals surface area (Å²) in [5, 5.41) is 9.10. The second-order valence-electron chi connectivity index (χ2n) is 5.33. The Hall–Kier alpha value is -1.35. The quantitative estimate of drug-likeness (QED) is 0.878. The van der Waals surface area contributed by atoms with E-state index in [1.165, 1.54) is 25.7 Å². The molecule has 3 nitrogen and oxygen atoms in total. The van der Waals surface area contributed by atoms with Crippen LogP contribution in [0.2, 0.25) is 0 Å². The van der Waals surface area contributed by atoms with E-state index in [0.29, 0.717) is 11.6 Å². The monoisotopic (exact) mass is 261 g/mol. The van der Waals surface area contributed by atoms with Crippen LogP contribution in [0.25, 0.3) is 0 Å². The summed E-state index contributed by atoms with van der Waals surface area (Å²) < 4.78 is 0. The zero-order valence-electron chi connectivity index (χ0n) is 11.6. The first-order valence-corrected chi connectivity index (χ1v) is 7.29. The smallest absolute Gasteiger partial charge is 0.335 e. The van der Waals surface area contributed by atoms with Crippen molar-refractivity contribution < 1.29 is 9.90 Å². The van der Waals surface area contributed by atoms with Crippen molar-refractivity contribution in [2.75, 3.05) is 13.1 Å². The Bertz CT molecular complexity index is 431. The zero-order chi connectivity index (χ0) is 13.7. The van der Waals surface area contributed by atoms with Gasteiger partial charge in [-0.25, -0.2) is 4.79 Å². The van der Waals surface area contributed by atoms with Crippen LogP contribution in [-0.2, 0) is 0 Å². The van der Waals surface area contributed by atoms with Crippen LogP contribution in [0.1, 0.15) is 61.0 Å². The Labute approximate surface area is 115 Å². The maximum atomic E-state index is 11.1. The van der Waals surface area contributed by atoms with E-state index >= 15 is 0 Å². The van der Waals surface area contributed by atoms with E-state index in [4.69, 9.17) is 5.11 Å². The topological polar surface area (TPSA) is 40.5 Å².